The zero-order valence-electron chi connectivity index (χ0n) is 26.1. The second-order valence-electron chi connectivity index (χ2n) is 15.4. The van der Waals surface area contributed by atoms with Gasteiger partial charge in [-0.1, -0.05) is 53.2 Å². The van der Waals surface area contributed by atoms with Gasteiger partial charge in [-0.2, -0.15) is 4.89 Å². The summed E-state index contributed by atoms with van der Waals surface area (Å²) in [5.41, 5.74) is -0.702. The van der Waals surface area contributed by atoms with Crippen LogP contribution in [0.4, 0.5) is 4.79 Å². The second-order valence-corrected chi connectivity index (χ2v) is 15.4. The Hall–Kier alpha value is -2.15. The number of fused-ring (bicyclic) bond motifs is 7. The van der Waals surface area contributed by atoms with E-state index in [0.717, 1.165) is 19.3 Å². The number of carbonyl (C=O) groups excluding carboxylic acids is 2. The minimum absolute atomic E-state index is 0.00497. The molecule has 5 aliphatic rings. The van der Waals surface area contributed by atoms with Crippen molar-refractivity contribution in [2.45, 2.75) is 106 Å². The predicted molar refractivity (Wildman–Crippen MR) is 154 cm³/mol. The number of hydrogen-bond acceptors (Lipinski definition) is 6. The Bertz CT molecular complexity index is 1160. The van der Waals surface area contributed by atoms with Gasteiger partial charge in [0.15, 0.2) is 5.78 Å². The molecule has 1 N–H and O–H groups in total. The Labute approximate surface area is 245 Å². The molecule has 0 aliphatic heterocycles. The van der Waals surface area contributed by atoms with E-state index in [1.807, 2.05) is 6.08 Å². The predicted octanol–water partition coefficient (Wildman–Crippen LogP) is 7.55. The van der Waals surface area contributed by atoms with Crippen LogP contribution in [-0.4, -0.2) is 35.7 Å². The molecule has 4 saturated carbocycles. The van der Waals surface area contributed by atoms with Gasteiger partial charge >= 0.3 is 12.1 Å². The van der Waals surface area contributed by atoms with E-state index < -0.39 is 29.1 Å². The molecule has 0 radical (unpaired) electrons. The monoisotopic (exact) mass is 570 g/mol. The van der Waals surface area contributed by atoms with Crippen molar-refractivity contribution >= 4 is 17.9 Å². The molecule has 4 fully saturated rings. The number of carbonyl (C=O) groups is 3. The highest BCUT2D eigenvalue weighted by Crippen LogP contribution is 2.75. The average molecular weight is 571 g/mol. The number of rotatable bonds is 5. The number of aliphatic carboxylic acids is 1. The van der Waals surface area contributed by atoms with Crippen molar-refractivity contribution in [2.24, 2.45) is 56.7 Å². The number of ether oxygens (including phenoxy) is 1. The maximum Gasteiger partial charge on any atom is 0.540 e. The Kier molecular flexibility index (Phi) is 7.36. The zero-order chi connectivity index (χ0) is 30.2. The third-order valence-corrected chi connectivity index (χ3v) is 13.8. The van der Waals surface area contributed by atoms with Crippen molar-refractivity contribution in [3.05, 3.63) is 24.3 Å². The fourth-order valence-electron chi connectivity index (χ4n) is 11.1. The van der Waals surface area contributed by atoms with Gasteiger partial charge in [0.2, 0.25) is 0 Å². The molecule has 5 rings (SSSR count). The Morgan fingerprint density at radius 2 is 1.73 bits per heavy atom. The summed E-state index contributed by atoms with van der Waals surface area (Å²) in [5.74, 6) is 0.0993. The Balaban J connectivity index is 1.53. The molecule has 0 aromatic rings. The summed E-state index contributed by atoms with van der Waals surface area (Å²) in [4.78, 5) is 49.4. The van der Waals surface area contributed by atoms with Crippen LogP contribution in [0, 0.1) is 56.7 Å². The zero-order valence-corrected chi connectivity index (χ0v) is 26.1. The van der Waals surface area contributed by atoms with Gasteiger partial charge in [-0.15, -0.1) is 6.58 Å². The van der Waals surface area contributed by atoms with Gasteiger partial charge in [-0.25, -0.2) is 4.79 Å². The van der Waals surface area contributed by atoms with Gasteiger partial charge in [0, 0.05) is 5.92 Å². The van der Waals surface area contributed by atoms with E-state index in [4.69, 9.17) is 14.5 Å². The Morgan fingerprint density at radius 1 is 1.02 bits per heavy atom. The molecule has 7 nitrogen and oxygen atoms in total. The van der Waals surface area contributed by atoms with E-state index in [9.17, 15) is 19.5 Å². The van der Waals surface area contributed by atoms with Gasteiger partial charge in [0.1, 0.15) is 18.1 Å². The number of carboxylic acid groups (broad SMARTS) is 1. The van der Waals surface area contributed by atoms with Crippen molar-refractivity contribution in [3.63, 3.8) is 0 Å². The Morgan fingerprint density at radius 3 is 2.39 bits per heavy atom. The van der Waals surface area contributed by atoms with Crippen LogP contribution in [0.3, 0.4) is 0 Å². The molecule has 7 heteroatoms. The third-order valence-electron chi connectivity index (χ3n) is 13.8. The van der Waals surface area contributed by atoms with Crippen LogP contribution < -0.4 is 0 Å². The largest absolute Gasteiger partial charge is 0.540 e. The van der Waals surface area contributed by atoms with Crippen molar-refractivity contribution in [1.82, 2.24) is 0 Å². The average Bonchev–Trinajstić information content (AvgIpc) is 2.89. The van der Waals surface area contributed by atoms with Crippen LogP contribution in [0.2, 0.25) is 0 Å². The maximum atomic E-state index is 14.5. The normalized spacial score (nSPS) is 48.9. The fourth-order valence-corrected chi connectivity index (χ4v) is 11.1. The first kappa shape index (κ1) is 30.3. The van der Waals surface area contributed by atoms with E-state index in [-0.39, 0.29) is 40.5 Å². The SMILES string of the molecule is C=CCOOC(=O)O[C@@H]1CC[C@@]2(C)C(CC[C@]3(C)C2C(=O)C=C2C4[C@@H](C)[C@H](C)CC[C@]4(C)CC[C@]23C)[C@@]1(C)C(=O)O. The minimum atomic E-state index is -1.37. The first-order valence-electron chi connectivity index (χ1n) is 15.7. The van der Waals surface area contributed by atoms with E-state index >= 15 is 0 Å². The molecule has 0 aromatic carbocycles. The van der Waals surface area contributed by atoms with E-state index in [1.165, 1.54) is 24.5 Å². The smallest absolute Gasteiger partial charge is 0.481 e. The molecule has 0 amide bonds. The van der Waals surface area contributed by atoms with E-state index in [0.29, 0.717) is 37.0 Å². The third kappa shape index (κ3) is 4.11. The topological polar surface area (TPSA) is 99.1 Å². The summed E-state index contributed by atoms with van der Waals surface area (Å²) in [6.07, 6.45) is 8.60. The summed E-state index contributed by atoms with van der Waals surface area (Å²) in [7, 11) is 0. The lowest BCUT2D eigenvalue weighted by Crippen LogP contribution is -2.68. The lowest BCUT2D eigenvalue weighted by Gasteiger charge is -2.70. The molecule has 0 aromatic heterocycles. The van der Waals surface area contributed by atoms with Crippen molar-refractivity contribution in [2.75, 3.05) is 6.61 Å². The summed E-state index contributed by atoms with van der Waals surface area (Å²) in [6.45, 7) is 19.3. The highest BCUT2D eigenvalue weighted by molar-refractivity contribution is 5.96. The molecule has 0 heterocycles. The molecule has 228 valence electrons. The lowest BCUT2D eigenvalue weighted by atomic mass is 9.33. The highest BCUT2D eigenvalue weighted by Gasteiger charge is 2.72. The first-order valence-corrected chi connectivity index (χ1v) is 15.7. The van der Waals surface area contributed by atoms with Gasteiger partial charge in [-0.05, 0) is 110 Å². The molecule has 11 atom stereocenters. The molecule has 41 heavy (non-hydrogen) atoms. The maximum absolute atomic E-state index is 14.5. The summed E-state index contributed by atoms with van der Waals surface area (Å²) < 4.78 is 5.60. The summed E-state index contributed by atoms with van der Waals surface area (Å²) in [5, 5.41) is 10.7. The van der Waals surface area contributed by atoms with Crippen LogP contribution in [-0.2, 0) is 24.1 Å². The molecule has 5 aliphatic carbocycles. The molecular formula is C34H50O7. The number of carboxylic acids is 1. The van der Waals surface area contributed by atoms with Crippen LogP contribution in [0.25, 0.3) is 0 Å². The molecule has 0 spiro atoms. The molecular weight excluding hydrogens is 520 g/mol. The van der Waals surface area contributed by atoms with E-state index in [2.05, 4.69) is 48.1 Å². The van der Waals surface area contributed by atoms with Crippen LogP contribution in [0.5, 0.6) is 0 Å². The highest BCUT2D eigenvalue weighted by atomic mass is 17.2. The van der Waals surface area contributed by atoms with Crippen LogP contribution in [0.15, 0.2) is 24.3 Å². The van der Waals surface area contributed by atoms with Crippen molar-refractivity contribution in [1.29, 1.82) is 0 Å². The number of ketones is 1. The summed E-state index contributed by atoms with van der Waals surface area (Å²) >= 11 is 0. The first-order chi connectivity index (χ1) is 19.1. The van der Waals surface area contributed by atoms with Gasteiger partial charge in [0.25, 0.3) is 0 Å². The van der Waals surface area contributed by atoms with E-state index in [1.54, 1.807) is 6.92 Å². The number of hydrogen-bond donors (Lipinski definition) is 1. The van der Waals surface area contributed by atoms with Gasteiger partial charge in [0.05, 0.1) is 0 Å². The lowest BCUT2D eigenvalue weighted by molar-refractivity contribution is -0.261. The fraction of sp³-hybridized carbons (Fsp3) is 0.794. The van der Waals surface area contributed by atoms with Gasteiger partial charge in [-0.3, -0.25) is 14.5 Å². The minimum Gasteiger partial charge on any atom is -0.481 e. The quantitative estimate of drug-likeness (QED) is 0.120. The summed E-state index contributed by atoms with van der Waals surface area (Å²) in [6, 6.07) is 0. The van der Waals surface area contributed by atoms with Crippen molar-refractivity contribution < 1.29 is 34.0 Å². The molecule has 0 bridgehead atoms. The standard InChI is InChI=1S/C34H50O7/c1-9-18-39-41-29(38)40-25-12-14-31(5)24(34(25,8)28(36)37)11-15-33(7)27(31)23(35)19-22-26-21(3)20(2)10-13-30(26,4)16-17-32(22,33)6/h9,19-21,24-27H,1,10-18H2,2-8H3,(H,36,37)/t20-,21+,24?,25-,26?,27?,30-,31+,32-,33-,34-/m1/s1. The number of allylic oxidation sites excluding steroid dienone is 2. The van der Waals surface area contributed by atoms with Crippen molar-refractivity contribution in [3.8, 4) is 0 Å². The van der Waals surface area contributed by atoms with Crippen LogP contribution >= 0.6 is 0 Å². The molecule has 0 saturated heterocycles. The molecule has 3 unspecified atom stereocenters. The van der Waals surface area contributed by atoms with Crippen LogP contribution in [0.1, 0.15) is 99.8 Å². The second kappa shape index (κ2) is 9.96. The van der Waals surface area contributed by atoms with Gasteiger partial charge < -0.3 is 9.84 Å².